The van der Waals surface area contributed by atoms with E-state index >= 15 is 0 Å². The summed E-state index contributed by atoms with van der Waals surface area (Å²) in [5.74, 6) is -1.27. The topological polar surface area (TPSA) is 61.3 Å². The molecule has 0 atom stereocenters. The minimum absolute atomic E-state index is 0.0732. The zero-order chi connectivity index (χ0) is 18.0. The van der Waals surface area contributed by atoms with Crippen LogP contribution in [0.1, 0.15) is 16.2 Å². The van der Waals surface area contributed by atoms with Crippen molar-refractivity contribution in [3.05, 3.63) is 53.9 Å². The van der Waals surface area contributed by atoms with Gasteiger partial charge in [0.25, 0.3) is 0 Å². The lowest BCUT2D eigenvalue weighted by molar-refractivity contribution is -0.144. The first-order valence-corrected chi connectivity index (χ1v) is 7.07. The number of ether oxygens (including phenoxy) is 2. The highest BCUT2D eigenvalue weighted by atomic mass is 19.4. The quantitative estimate of drug-likeness (QED) is 0.659. The maximum Gasteiger partial charge on any atom is 0.451 e. The van der Waals surface area contributed by atoms with E-state index in [-0.39, 0.29) is 28.5 Å². The van der Waals surface area contributed by atoms with Gasteiger partial charge in [0, 0.05) is 5.56 Å². The van der Waals surface area contributed by atoms with E-state index in [1.165, 1.54) is 31.4 Å². The number of aldehydes is 1. The Hall–Kier alpha value is -3.16. The van der Waals surface area contributed by atoms with Crippen LogP contribution in [-0.2, 0) is 6.18 Å². The molecule has 25 heavy (non-hydrogen) atoms. The van der Waals surface area contributed by atoms with Gasteiger partial charge in [-0.2, -0.15) is 18.2 Å². The molecule has 0 radical (unpaired) electrons. The summed E-state index contributed by atoms with van der Waals surface area (Å²) in [6.45, 7) is 0. The predicted molar refractivity (Wildman–Crippen MR) is 83.0 cm³/mol. The molecule has 1 aromatic heterocycles. The van der Waals surface area contributed by atoms with Crippen molar-refractivity contribution < 1.29 is 27.4 Å². The van der Waals surface area contributed by atoms with E-state index in [9.17, 15) is 18.0 Å². The van der Waals surface area contributed by atoms with Crippen LogP contribution in [0.3, 0.4) is 0 Å². The van der Waals surface area contributed by atoms with Gasteiger partial charge in [-0.25, -0.2) is 4.98 Å². The number of nitrogens with zero attached hydrogens (tertiary/aromatic N) is 2. The van der Waals surface area contributed by atoms with Crippen molar-refractivity contribution in [2.45, 2.75) is 6.18 Å². The molecule has 0 spiro atoms. The molecule has 1 heterocycles. The van der Waals surface area contributed by atoms with Crippen molar-refractivity contribution in [2.75, 3.05) is 7.11 Å². The van der Waals surface area contributed by atoms with E-state index in [1.54, 1.807) is 18.2 Å². The van der Waals surface area contributed by atoms with Crippen LogP contribution >= 0.6 is 0 Å². The number of hydrogen-bond donors (Lipinski definition) is 0. The Labute approximate surface area is 140 Å². The predicted octanol–water partition coefficient (Wildman–Crippen LogP) is 4.26. The molecule has 0 saturated carbocycles. The molecule has 128 valence electrons. The van der Waals surface area contributed by atoms with Gasteiger partial charge >= 0.3 is 6.18 Å². The summed E-state index contributed by atoms with van der Waals surface area (Å²) in [5, 5.41) is 0.300. The summed E-state index contributed by atoms with van der Waals surface area (Å²) < 4.78 is 49.8. The van der Waals surface area contributed by atoms with Crippen molar-refractivity contribution in [2.24, 2.45) is 0 Å². The number of aromatic nitrogens is 2. The minimum Gasteiger partial charge on any atom is -0.493 e. The minimum atomic E-state index is -4.73. The third-order valence-corrected chi connectivity index (χ3v) is 3.35. The first-order chi connectivity index (χ1) is 11.9. The van der Waals surface area contributed by atoms with Gasteiger partial charge in [0.15, 0.2) is 11.5 Å². The Morgan fingerprint density at radius 2 is 1.80 bits per heavy atom. The molecule has 0 aliphatic carbocycles. The standard InChI is InChI=1S/C17H11F3N2O3/c1-24-13-7-6-10(9-23)8-14(13)25-15-11-4-2-3-5-12(11)21-16(22-15)17(18,19)20/h2-9H,1H3. The maximum atomic E-state index is 13.0. The second-order valence-electron chi connectivity index (χ2n) is 5.00. The van der Waals surface area contributed by atoms with Crippen LogP contribution in [-0.4, -0.2) is 23.4 Å². The number of alkyl halides is 3. The van der Waals surface area contributed by atoms with Gasteiger partial charge in [0.2, 0.25) is 11.7 Å². The Balaban J connectivity index is 2.17. The maximum absolute atomic E-state index is 13.0. The van der Waals surface area contributed by atoms with Gasteiger partial charge in [-0.15, -0.1) is 0 Å². The van der Waals surface area contributed by atoms with Crippen molar-refractivity contribution in [1.82, 2.24) is 9.97 Å². The average molecular weight is 348 g/mol. The fourth-order valence-corrected chi connectivity index (χ4v) is 2.20. The van der Waals surface area contributed by atoms with E-state index in [1.807, 2.05) is 0 Å². The molecule has 0 bridgehead atoms. The molecule has 0 N–H and O–H groups in total. The normalized spacial score (nSPS) is 11.4. The van der Waals surface area contributed by atoms with E-state index < -0.39 is 12.0 Å². The molecule has 0 amide bonds. The lowest BCUT2D eigenvalue weighted by Crippen LogP contribution is -2.12. The Bertz CT molecular complexity index is 942. The Morgan fingerprint density at radius 1 is 1.04 bits per heavy atom. The highest BCUT2D eigenvalue weighted by Gasteiger charge is 2.36. The zero-order valence-electron chi connectivity index (χ0n) is 12.9. The average Bonchev–Trinajstić information content (AvgIpc) is 2.60. The molecular weight excluding hydrogens is 337 g/mol. The van der Waals surface area contributed by atoms with Gasteiger partial charge in [-0.05, 0) is 30.3 Å². The van der Waals surface area contributed by atoms with Crippen molar-refractivity contribution in [3.8, 4) is 17.4 Å². The summed E-state index contributed by atoms with van der Waals surface area (Å²) in [5.41, 5.74) is 0.371. The van der Waals surface area contributed by atoms with Crippen LogP contribution in [0, 0.1) is 0 Å². The van der Waals surface area contributed by atoms with Crippen molar-refractivity contribution in [1.29, 1.82) is 0 Å². The van der Waals surface area contributed by atoms with E-state index in [4.69, 9.17) is 9.47 Å². The number of fused-ring (bicyclic) bond motifs is 1. The van der Waals surface area contributed by atoms with Crippen LogP contribution < -0.4 is 9.47 Å². The second-order valence-corrected chi connectivity index (χ2v) is 5.00. The number of halogens is 3. The smallest absolute Gasteiger partial charge is 0.451 e. The molecule has 0 aliphatic rings. The fraction of sp³-hybridized carbons (Fsp3) is 0.118. The summed E-state index contributed by atoms with van der Waals surface area (Å²) in [6.07, 6.45) is -4.14. The molecule has 5 nitrogen and oxygen atoms in total. The fourth-order valence-electron chi connectivity index (χ4n) is 2.20. The lowest BCUT2D eigenvalue weighted by Gasteiger charge is -2.13. The number of carbonyl (C=O) groups is 1. The molecule has 2 aromatic carbocycles. The zero-order valence-corrected chi connectivity index (χ0v) is 12.9. The molecular formula is C17H11F3N2O3. The summed E-state index contributed by atoms with van der Waals surface area (Å²) >= 11 is 0. The van der Waals surface area contributed by atoms with E-state index in [0.717, 1.165) is 0 Å². The highest BCUT2D eigenvalue weighted by Crippen LogP contribution is 2.36. The summed E-state index contributed by atoms with van der Waals surface area (Å²) in [4.78, 5) is 18.0. The number of carbonyl (C=O) groups excluding carboxylic acids is 1. The SMILES string of the molecule is COc1ccc(C=O)cc1Oc1nc(C(F)(F)F)nc2ccccc12. The van der Waals surface area contributed by atoms with Gasteiger partial charge in [-0.3, -0.25) is 4.79 Å². The van der Waals surface area contributed by atoms with Crippen LogP contribution in [0.2, 0.25) is 0 Å². The van der Waals surface area contributed by atoms with Crippen LogP contribution in [0.5, 0.6) is 17.4 Å². The molecule has 0 saturated heterocycles. The van der Waals surface area contributed by atoms with Crippen molar-refractivity contribution >= 4 is 17.2 Å². The number of hydrogen-bond acceptors (Lipinski definition) is 5. The summed E-state index contributed by atoms with van der Waals surface area (Å²) in [7, 11) is 1.38. The molecule has 0 fully saturated rings. The van der Waals surface area contributed by atoms with Gasteiger partial charge in [0.05, 0.1) is 18.0 Å². The molecule has 0 unspecified atom stereocenters. The number of para-hydroxylation sites is 1. The molecule has 3 rings (SSSR count). The number of methoxy groups -OCH3 is 1. The van der Waals surface area contributed by atoms with Crippen LogP contribution in [0.25, 0.3) is 10.9 Å². The monoisotopic (exact) mass is 348 g/mol. The highest BCUT2D eigenvalue weighted by molar-refractivity contribution is 5.84. The van der Waals surface area contributed by atoms with Gasteiger partial charge in [0.1, 0.15) is 6.29 Å². The van der Waals surface area contributed by atoms with E-state index in [0.29, 0.717) is 11.7 Å². The Morgan fingerprint density at radius 3 is 2.48 bits per heavy atom. The molecule has 0 aliphatic heterocycles. The van der Waals surface area contributed by atoms with Crippen molar-refractivity contribution in [3.63, 3.8) is 0 Å². The number of benzene rings is 2. The van der Waals surface area contributed by atoms with Crippen LogP contribution in [0.4, 0.5) is 13.2 Å². The molecule has 3 aromatic rings. The van der Waals surface area contributed by atoms with E-state index in [2.05, 4.69) is 9.97 Å². The van der Waals surface area contributed by atoms with Gasteiger partial charge in [-0.1, -0.05) is 12.1 Å². The Kier molecular flexibility index (Phi) is 4.26. The third-order valence-electron chi connectivity index (χ3n) is 3.35. The molecule has 8 heteroatoms. The first-order valence-electron chi connectivity index (χ1n) is 7.07. The van der Waals surface area contributed by atoms with Gasteiger partial charge < -0.3 is 9.47 Å². The summed E-state index contributed by atoms with van der Waals surface area (Å²) in [6, 6.07) is 10.5. The lowest BCUT2D eigenvalue weighted by atomic mass is 10.2. The van der Waals surface area contributed by atoms with Crippen LogP contribution in [0.15, 0.2) is 42.5 Å². The number of rotatable bonds is 4. The largest absolute Gasteiger partial charge is 0.493 e. The second kappa shape index (κ2) is 6.39. The first kappa shape index (κ1) is 16.7. The third kappa shape index (κ3) is 3.37.